The second kappa shape index (κ2) is 7.97. The molecule has 0 N–H and O–H groups in total. The van der Waals surface area contributed by atoms with E-state index >= 15 is 0 Å². The van der Waals surface area contributed by atoms with Gasteiger partial charge in [-0.05, 0) is 17.5 Å². The third-order valence-electron chi connectivity index (χ3n) is 4.62. The van der Waals surface area contributed by atoms with E-state index in [0.29, 0.717) is 23.4 Å². The number of nitriles is 1. The zero-order valence-corrected chi connectivity index (χ0v) is 15.7. The van der Waals surface area contributed by atoms with Crippen LogP contribution in [0, 0.1) is 11.3 Å². The molecule has 0 amide bonds. The normalized spacial score (nSPS) is 12.0. The van der Waals surface area contributed by atoms with E-state index in [4.69, 9.17) is 9.97 Å². The summed E-state index contributed by atoms with van der Waals surface area (Å²) in [5.41, 5.74) is 3.90. The van der Waals surface area contributed by atoms with Gasteiger partial charge in [0.05, 0.1) is 18.3 Å². The van der Waals surface area contributed by atoms with E-state index in [9.17, 15) is 5.26 Å². The molecule has 28 heavy (non-hydrogen) atoms. The van der Waals surface area contributed by atoms with Crippen molar-refractivity contribution in [3.8, 4) is 6.07 Å². The molecule has 0 aliphatic heterocycles. The van der Waals surface area contributed by atoms with Crippen LogP contribution in [0.5, 0.6) is 0 Å². The first kappa shape index (κ1) is 17.8. The second-order valence-electron chi connectivity index (χ2n) is 6.65. The minimum Gasteiger partial charge on any atom is -0.234 e. The third kappa shape index (κ3) is 3.47. The van der Waals surface area contributed by atoms with E-state index in [1.807, 2.05) is 60.7 Å². The summed E-state index contributed by atoms with van der Waals surface area (Å²) in [4.78, 5) is 9.42. The zero-order chi connectivity index (χ0) is 19.3. The Balaban J connectivity index is 1.85. The molecule has 138 valence electrons. The highest BCUT2D eigenvalue weighted by Crippen LogP contribution is 2.27. The fraction of sp³-hybridized carbons (Fsp3) is 0.227. The van der Waals surface area contributed by atoms with E-state index in [0.717, 1.165) is 29.8 Å². The van der Waals surface area contributed by atoms with Gasteiger partial charge in [0.15, 0.2) is 11.2 Å². The molecular formula is C22H20N6. The van der Waals surface area contributed by atoms with Crippen molar-refractivity contribution in [3.63, 3.8) is 0 Å². The van der Waals surface area contributed by atoms with Crippen molar-refractivity contribution in [1.82, 2.24) is 25.0 Å². The summed E-state index contributed by atoms with van der Waals surface area (Å²) in [5.74, 6) is 0.210. The lowest BCUT2D eigenvalue weighted by Gasteiger charge is -2.11. The Morgan fingerprint density at radius 3 is 2.39 bits per heavy atom. The Bertz CT molecular complexity index is 1110. The van der Waals surface area contributed by atoms with Gasteiger partial charge in [0.25, 0.3) is 0 Å². The topological polar surface area (TPSA) is 80.3 Å². The molecule has 0 fully saturated rings. The summed E-state index contributed by atoms with van der Waals surface area (Å²) >= 11 is 0. The molecule has 2 heterocycles. The first-order valence-corrected chi connectivity index (χ1v) is 9.38. The molecule has 0 aliphatic rings. The van der Waals surface area contributed by atoms with Crippen molar-refractivity contribution in [3.05, 3.63) is 83.3 Å². The fourth-order valence-electron chi connectivity index (χ4n) is 3.26. The summed E-state index contributed by atoms with van der Waals surface area (Å²) < 4.78 is 1.79. The predicted octanol–water partition coefficient (Wildman–Crippen LogP) is 3.88. The van der Waals surface area contributed by atoms with Crippen molar-refractivity contribution >= 4 is 11.2 Å². The maximum atomic E-state index is 9.89. The number of aromatic nitrogens is 5. The van der Waals surface area contributed by atoms with Gasteiger partial charge in [-0.15, -0.1) is 5.10 Å². The van der Waals surface area contributed by atoms with Gasteiger partial charge >= 0.3 is 0 Å². The van der Waals surface area contributed by atoms with Crippen LogP contribution in [-0.2, 0) is 13.0 Å². The van der Waals surface area contributed by atoms with Crippen molar-refractivity contribution < 1.29 is 0 Å². The van der Waals surface area contributed by atoms with Gasteiger partial charge in [0, 0.05) is 6.42 Å². The van der Waals surface area contributed by atoms with Gasteiger partial charge in [0.2, 0.25) is 0 Å². The number of benzene rings is 2. The second-order valence-corrected chi connectivity index (χ2v) is 6.65. The number of hydrogen-bond donors (Lipinski definition) is 0. The molecule has 2 aromatic heterocycles. The molecule has 6 heteroatoms. The van der Waals surface area contributed by atoms with Crippen LogP contribution in [0.2, 0.25) is 0 Å². The zero-order valence-electron chi connectivity index (χ0n) is 15.7. The van der Waals surface area contributed by atoms with Crippen molar-refractivity contribution in [2.45, 2.75) is 32.2 Å². The average molecular weight is 368 g/mol. The Labute approximate surface area is 163 Å². The van der Waals surface area contributed by atoms with Gasteiger partial charge in [-0.3, -0.25) is 0 Å². The third-order valence-corrected chi connectivity index (χ3v) is 4.62. The maximum Gasteiger partial charge on any atom is 0.182 e. The Morgan fingerprint density at radius 2 is 1.71 bits per heavy atom. The van der Waals surface area contributed by atoms with Gasteiger partial charge in [-0.1, -0.05) is 72.8 Å². The molecule has 0 radical (unpaired) electrons. The molecule has 2 aromatic carbocycles. The molecule has 4 rings (SSSR count). The number of hydrogen-bond acceptors (Lipinski definition) is 5. The largest absolute Gasteiger partial charge is 0.234 e. The predicted molar refractivity (Wildman–Crippen MR) is 107 cm³/mol. The standard InChI is InChI=1S/C22H20N6/c1-2-9-19-24-20(18(14-23)17-12-7-4-8-13-17)21-22(25-19)28(27-26-21)15-16-10-5-3-6-11-16/h3-8,10-13,18H,2,9,15H2,1H3/t18-/m1/s1. The van der Waals surface area contributed by atoms with Crippen molar-refractivity contribution in [2.75, 3.05) is 0 Å². The van der Waals surface area contributed by atoms with Crippen LogP contribution in [0.4, 0.5) is 0 Å². The Morgan fingerprint density at radius 1 is 1.00 bits per heavy atom. The fourth-order valence-corrected chi connectivity index (χ4v) is 3.26. The number of aryl methyl sites for hydroxylation is 1. The minimum atomic E-state index is -0.510. The van der Waals surface area contributed by atoms with Crippen LogP contribution in [0.15, 0.2) is 60.7 Å². The van der Waals surface area contributed by atoms with Crippen LogP contribution in [0.1, 0.15) is 41.9 Å². The number of rotatable bonds is 6. The molecule has 4 aromatic rings. The highest BCUT2D eigenvalue weighted by atomic mass is 15.4. The highest BCUT2D eigenvalue weighted by Gasteiger charge is 2.23. The molecule has 0 saturated heterocycles. The molecule has 1 atom stereocenters. The SMILES string of the molecule is CCCc1nc([C@H](C#N)c2ccccc2)c2nnn(Cc3ccccc3)c2n1. The summed E-state index contributed by atoms with van der Waals surface area (Å²) in [6.45, 7) is 2.66. The van der Waals surface area contributed by atoms with Gasteiger partial charge in [-0.2, -0.15) is 5.26 Å². The quantitative estimate of drug-likeness (QED) is 0.516. The van der Waals surface area contributed by atoms with Gasteiger partial charge in [0.1, 0.15) is 11.7 Å². The van der Waals surface area contributed by atoms with Crippen LogP contribution >= 0.6 is 0 Å². The van der Waals surface area contributed by atoms with E-state index in [2.05, 4.69) is 23.3 Å². The van der Waals surface area contributed by atoms with E-state index in [-0.39, 0.29) is 0 Å². The average Bonchev–Trinajstić information content (AvgIpc) is 3.13. The van der Waals surface area contributed by atoms with Crippen molar-refractivity contribution in [1.29, 1.82) is 5.26 Å². The van der Waals surface area contributed by atoms with E-state index < -0.39 is 5.92 Å². The van der Waals surface area contributed by atoms with E-state index in [1.54, 1.807) is 4.68 Å². The summed E-state index contributed by atoms with van der Waals surface area (Å²) in [6.07, 6.45) is 1.67. The lowest BCUT2D eigenvalue weighted by molar-refractivity contribution is 0.662. The summed E-state index contributed by atoms with van der Waals surface area (Å²) in [7, 11) is 0. The smallest absolute Gasteiger partial charge is 0.182 e. The van der Waals surface area contributed by atoms with E-state index in [1.165, 1.54) is 0 Å². The van der Waals surface area contributed by atoms with Crippen LogP contribution in [0.25, 0.3) is 11.2 Å². The van der Waals surface area contributed by atoms with Crippen molar-refractivity contribution in [2.24, 2.45) is 0 Å². The molecule has 6 nitrogen and oxygen atoms in total. The lowest BCUT2D eigenvalue weighted by atomic mass is 9.96. The summed E-state index contributed by atoms with van der Waals surface area (Å²) in [6, 6.07) is 22.1. The first-order valence-electron chi connectivity index (χ1n) is 9.38. The Hall–Kier alpha value is -3.59. The molecule has 0 saturated carbocycles. The molecular weight excluding hydrogens is 348 g/mol. The lowest BCUT2D eigenvalue weighted by Crippen LogP contribution is -2.09. The van der Waals surface area contributed by atoms with Gasteiger partial charge in [-0.25, -0.2) is 14.6 Å². The number of fused-ring (bicyclic) bond motifs is 1. The first-order chi connectivity index (χ1) is 13.8. The minimum absolute atomic E-state index is 0.510. The maximum absolute atomic E-state index is 9.89. The molecule has 0 unspecified atom stereocenters. The van der Waals surface area contributed by atoms with Crippen LogP contribution in [0.3, 0.4) is 0 Å². The molecule has 0 spiro atoms. The number of nitrogens with zero attached hydrogens (tertiary/aromatic N) is 6. The molecule has 0 aliphatic carbocycles. The van der Waals surface area contributed by atoms with Crippen LogP contribution < -0.4 is 0 Å². The molecule has 0 bridgehead atoms. The highest BCUT2D eigenvalue weighted by molar-refractivity contribution is 5.74. The van der Waals surface area contributed by atoms with Gasteiger partial charge < -0.3 is 0 Å². The summed E-state index contributed by atoms with van der Waals surface area (Å²) in [5, 5.41) is 18.6. The monoisotopic (exact) mass is 368 g/mol. The van der Waals surface area contributed by atoms with Crippen LogP contribution in [-0.4, -0.2) is 25.0 Å². The Kier molecular flexibility index (Phi) is 5.07.